The van der Waals surface area contributed by atoms with Crippen LogP contribution in [-0.4, -0.2) is 43.3 Å². The van der Waals surface area contributed by atoms with Crippen molar-refractivity contribution in [2.45, 2.75) is 39.2 Å². The van der Waals surface area contributed by atoms with Gasteiger partial charge in [-0.2, -0.15) is 0 Å². The Bertz CT molecular complexity index is 473. The first-order chi connectivity index (χ1) is 10.7. The van der Waals surface area contributed by atoms with Crippen molar-refractivity contribution in [2.75, 3.05) is 31.6 Å². The molecule has 1 saturated heterocycles. The molecule has 1 N–H and O–H groups in total. The molecular weight excluding hydrogens is 280 g/mol. The van der Waals surface area contributed by atoms with Crippen LogP contribution in [0.3, 0.4) is 0 Å². The number of rotatable bonds is 6. The Hall–Kier alpha value is -1.75. The van der Waals surface area contributed by atoms with E-state index in [0.717, 1.165) is 25.4 Å². The van der Waals surface area contributed by atoms with Crippen LogP contribution < -0.4 is 10.1 Å². The minimum absolute atomic E-state index is 0.117. The van der Waals surface area contributed by atoms with Crippen LogP contribution in [0, 0.1) is 0 Å². The molecule has 1 aliphatic rings. The van der Waals surface area contributed by atoms with Gasteiger partial charge in [-0.05, 0) is 51.9 Å². The molecule has 1 amide bonds. The average Bonchev–Trinajstić information content (AvgIpc) is 2.48. The summed E-state index contributed by atoms with van der Waals surface area (Å²) in [4.78, 5) is 14.3. The maximum absolute atomic E-state index is 11.9. The lowest BCUT2D eigenvalue weighted by Gasteiger charge is -2.28. The van der Waals surface area contributed by atoms with Gasteiger partial charge in [-0.3, -0.25) is 10.2 Å². The van der Waals surface area contributed by atoms with Gasteiger partial charge >= 0.3 is 6.09 Å². The Morgan fingerprint density at radius 3 is 2.82 bits per heavy atom. The number of piperidine rings is 1. The monoisotopic (exact) mass is 306 g/mol. The Morgan fingerprint density at radius 1 is 1.32 bits per heavy atom. The van der Waals surface area contributed by atoms with Crippen molar-refractivity contribution < 1.29 is 14.3 Å². The van der Waals surface area contributed by atoms with Crippen molar-refractivity contribution in [3.8, 4) is 5.75 Å². The highest BCUT2D eigenvalue weighted by atomic mass is 16.6. The highest BCUT2D eigenvalue weighted by Crippen LogP contribution is 2.17. The Kier molecular flexibility index (Phi) is 6.52. The molecule has 22 heavy (non-hydrogen) atoms. The number of carbonyl (C=O) groups is 1. The van der Waals surface area contributed by atoms with Gasteiger partial charge in [-0.25, -0.2) is 4.79 Å². The van der Waals surface area contributed by atoms with Crippen molar-refractivity contribution in [3.05, 3.63) is 24.3 Å². The summed E-state index contributed by atoms with van der Waals surface area (Å²) < 4.78 is 10.8. The van der Waals surface area contributed by atoms with E-state index in [0.29, 0.717) is 12.3 Å². The number of nitrogens with one attached hydrogen (secondary N) is 1. The number of hydrogen-bond donors (Lipinski definition) is 1. The van der Waals surface area contributed by atoms with E-state index in [-0.39, 0.29) is 6.10 Å². The molecule has 122 valence electrons. The molecule has 5 nitrogen and oxygen atoms in total. The first-order valence-electron chi connectivity index (χ1n) is 8.10. The normalized spacial score (nSPS) is 16.8. The van der Waals surface area contributed by atoms with Gasteiger partial charge in [0.05, 0.1) is 6.61 Å². The van der Waals surface area contributed by atoms with Crippen LogP contribution in [0.2, 0.25) is 0 Å². The van der Waals surface area contributed by atoms with E-state index < -0.39 is 6.09 Å². The summed E-state index contributed by atoms with van der Waals surface area (Å²) in [5.41, 5.74) is 0.682. The third-order valence-corrected chi connectivity index (χ3v) is 3.66. The molecule has 0 radical (unpaired) electrons. The first kappa shape index (κ1) is 16.6. The lowest BCUT2D eigenvalue weighted by Crippen LogP contribution is -2.37. The quantitative estimate of drug-likeness (QED) is 0.874. The van der Waals surface area contributed by atoms with Gasteiger partial charge in [0.15, 0.2) is 0 Å². The molecule has 0 aliphatic carbocycles. The van der Waals surface area contributed by atoms with Crippen molar-refractivity contribution in [2.24, 2.45) is 0 Å². The zero-order valence-electron chi connectivity index (χ0n) is 13.5. The lowest BCUT2D eigenvalue weighted by molar-refractivity contribution is 0.0833. The number of anilines is 1. The maximum atomic E-state index is 11.9. The number of carbonyl (C=O) groups excluding carboxylic acids is 1. The van der Waals surface area contributed by atoms with Crippen molar-refractivity contribution in [1.82, 2.24) is 4.90 Å². The van der Waals surface area contributed by atoms with Gasteiger partial charge in [0.25, 0.3) is 0 Å². The fraction of sp³-hybridized carbons (Fsp3) is 0.588. The largest absolute Gasteiger partial charge is 0.494 e. The molecule has 5 heteroatoms. The zero-order valence-corrected chi connectivity index (χ0v) is 13.5. The first-order valence-corrected chi connectivity index (χ1v) is 8.10. The van der Waals surface area contributed by atoms with Crippen LogP contribution in [-0.2, 0) is 4.74 Å². The molecule has 1 aromatic rings. The summed E-state index contributed by atoms with van der Waals surface area (Å²) in [6, 6.07) is 7.32. The molecule has 0 saturated carbocycles. The van der Waals surface area contributed by atoms with E-state index in [4.69, 9.17) is 9.47 Å². The number of hydrogen-bond acceptors (Lipinski definition) is 4. The van der Waals surface area contributed by atoms with Crippen molar-refractivity contribution in [1.29, 1.82) is 0 Å². The van der Waals surface area contributed by atoms with E-state index in [1.807, 2.05) is 32.0 Å². The number of ether oxygens (including phenoxy) is 2. The SMILES string of the molecule is CCOc1cccc(NC(=O)O[C@H](C)CN2CCCCC2)c1. The minimum Gasteiger partial charge on any atom is -0.494 e. The molecule has 1 fully saturated rings. The van der Waals surface area contributed by atoms with E-state index in [9.17, 15) is 4.79 Å². The summed E-state index contributed by atoms with van der Waals surface area (Å²) in [5, 5.41) is 2.75. The number of benzene rings is 1. The Morgan fingerprint density at radius 2 is 2.09 bits per heavy atom. The summed E-state index contributed by atoms with van der Waals surface area (Å²) >= 11 is 0. The van der Waals surface area contributed by atoms with Crippen molar-refractivity contribution >= 4 is 11.8 Å². The summed E-state index contributed by atoms with van der Waals surface area (Å²) in [5.74, 6) is 0.738. The fourth-order valence-electron chi connectivity index (χ4n) is 2.70. The van der Waals surface area contributed by atoms with Gasteiger partial charge in [0.1, 0.15) is 11.9 Å². The Labute approximate surface area is 132 Å². The van der Waals surface area contributed by atoms with Gasteiger partial charge in [0.2, 0.25) is 0 Å². The molecular formula is C17H26N2O3. The second-order valence-corrected chi connectivity index (χ2v) is 5.66. The molecule has 1 aromatic carbocycles. The van der Waals surface area contributed by atoms with Crippen LogP contribution in [0.4, 0.5) is 10.5 Å². The highest BCUT2D eigenvalue weighted by molar-refractivity contribution is 5.84. The Balaban J connectivity index is 1.77. The smallest absolute Gasteiger partial charge is 0.411 e. The molecule has 0 spiro atoms. The third-order valence-electron chi connectivity index (χ3n) is 3.66. The lowest BCUT2D eigenvalue weighted by atomic mass is 10.1. The number of amides is 1. The van der Waals surface area contributed by atoms with Crippen LogP contribution in [0.5, 0.6) is 5.75 Å². The fourth-order valence-corrected chi connectivity index (χ4v) is 2.70. The highest BCUT2D eigenvalue weighted by Gasteiger charge is 2.16. The van der Waals surface area contributed by atoms with Crippen molar-refractivity contribution in [3.63, 3.8) is 0 Å². The van der Waals surface area contributed by atoms with E-state index >= 15 is 0 Å². The molecule has 2 rings (SSSR count). The van der Waals surface area contributed by atoms with Crippen LogP contribution in [0.25, 0.3) is 0 Å². The maximum Gasteiger partial charge on any atom is 0.411 e. The molecule has 0 bridgehead atoms. The molecule has 1 aliphatic heterocycles. The van der Waals surface area contributed by atoms with Gasteiger partial charge in [-0.15, -0.1) is 0 Å². The topological polar surface area (TPSA) is 50.8 Å². The summed E-state index contributed by atoms with van der Waals surface area (Å²) in [6.07, 6.45) is 3.25. The van der Waals surface area contributed by atoms with Gasteiger partial charge < -0.3 is 9.47 Å². The summed E-state index contributed by atoms with van der Waals surface area (Å²) in [6.45, 7) is 7.46. The standard InChI is InChI=1S/C17H26N2O3/c1-3-21-16-9-7-8-15(12-16)18-17(20)22-14(2)13-19-10-5-4-6-11-19/h7-9,12,14H,3-6,10-11,13H2,1-2H3,(H,18,20)/t14-/m1/s1. The molecule has 0 aromatic heterocycles. The van der Waals surface area contributed by atoms with Crippen LogP contribution in [0.1, 0.15) is 33.1 Å². The van der Waals surface area contributed by atoms with Gasteiger partial charge in [0, 0.05) is 18.3 Å². The second kappa shape index (κ2) is 8.63. The minimum atomic E-state index is -0.418. The average molecular weight is 306 g/mol. The van der Waals surface area contributed by atoms with Crippen LogP contribution >= 0.6 is 0 Å². The van der Waals surface area contributed by atoms with Gasteiger partial charge in [-0.1, -0.05) is 12.5 Å². The predicted molar refractivity (Wildman–Crippen MR) is 87.5 cm³/mol. The van der Waals surface area contributed by atoms with E-state index in [2.05, 4.69) is 10.2 Å². The molecule has 1 atom stereocenters. The third kappa shape index (κ3) is 5.56. The number of nitrogens with zero attached hydrogens (tertiary/aromatic N) is 1. The van der Waals surface area contributed by atoms with E-state index in [1.165, 1.54) is 19.3 Å². The zero-order chi connectivity index (χ0) is 15.8. The summed E-state index contributed by atoms with van der Waals surface area (Å²) in [7, 11) is 0. The van der Waals surface area contributed by atoms with E-state index in [1.54, 1.807) is 6.07 Å². The predicted octanol–water partition coefficient (Wildman–Crippen LogP) is 3.51. The molecule has 0 unspecified atom stereocenters. The molecule has 1 heterocycles. The van der Waals surface area contributed by atoms with Crippen LogP contribution in [0.15, 0.2) is 24.3 Å². The number of likely N-dealkylation sites (tertiary alicyclic amines) is 1. The second-order valence-electron chi connectivity index (χ2n) is 5.66.